The Kier molecular flexibility index (Phi) is 2.84. The third-order valence-electron chi connectivity index (χ3n) is 3.05. The Hall–Kier alpha value is -1.16. The summed E-state index contributed by atoms with van der Waals surface area (Å²) in [5, 5.41) is 4.57. The molecule has 0 radical (unpaired) electrons. The Balaban J connectivity index is 1.80. The summed E-state index contributed by atoms with van der Waals surface area (Å²) < 4.78 is 0. The first-order valence-electron chi connectivity index (χ1n) is 5.35. The van der Waals surface area contributed by atoms with Crippen molar-refractivity contribution in [2.45, 2.75) is 20.3 Å². The molecule has 1 aliphatic rings. The van der Waals surface area contributed by atoms with Crippen LogP contribution in [0.25, 0.3) is 0 Å². The molecule has 0 saturated heterocycles. The van der Waals surface area contributed by atoms with E-state index in [0.29, 0.717) is 4.88 Å². The first-order valence-corrected chi connectivity index (χ1v) is 6.23. The van der Waals surface area contributed by atoms with Crippen molar-refractivity contribution in [1.82, 2.24) is 5.32 Å². The van der Waals surface area contributed by atoms with Crippen molar-refractivity contribution in [2.24, 2.45) is 11.3 Å². The van der Waals surface area contributed by atoms with Gasteiger partial charge in [0.25, 0.3) is 0 Å². The molecule has 16 heavy (non-hydrogen) atoms. The van der Waals surface area contributed by atoms with Crippen molar-refractivity contribution in [3.63, 3.8) is 0 Å². The highest BCUT2D eigenvalue weighted by Crippen LogP contribution is 2.51. The van der Waals surface area contributed by atoms with Crippen molar-refractivity contribution < 1.29 is 9.59 Å². The second kappa shape index (κ2) is 4.01. The van der Waals surface area contributed by atoms with Crippen LogP contribution < -0.4 is 5.32 Å². The van der Waals surface area contributed by atoms with E-state index in [1.54, 1.807) is 6.07 Å². The van der Waals surface area contributed by atoms with Crippen LogP contribution in [0.15, 0.2) is 17.5 Å². The summed E-state index contributed by atoms with van der Waals surface area (Å²) in [4.78, 5) is 23.9. The largest absolute Gasteiger partial charge is 0.348 e. The lowest BCUT2D eigenvalue weighted by Gasteiger charge is -2.04. The normalized spacial score (nSPS) is 21.5. The van der Waals surface area contributed by atoms with E-state index >= 15 is 0 Å². The number of rotatable bonds is 4. The fourth-order valence-electron chi connectivity index (χ4n) is 1.73. The standard InChI is InChI=1S/C12H15NO2S/c1-12(2)6-8(12)11(15)13-7-9(14)10-4-3-5-16-10/h3-5,8H,6-7H2,1-2H3,(H,13,15)/t8-/m1/s1. The molecule has 1 aromatic rings. The summed E-state index contributed by atoms with van der Waals surface area (Å²) in [6.07, 6.45) is 0.923. The molecule has 2 rings (SSSR count). The summed E-state index contributed by atoms with van der Waals surface area (Å²) in [6, 6.07) is 3.62. The fourth-order valence-corrected chi connectivity index (χ4v) is 2.39. The van der Waals surface area contributed by atoms with Gasteiger partial charge in [0.15, 0.2) is 5.78 Å². The second-order valence-electron chi connectivity index (χ2n) is 4.86. The van der Waals surface area contributed by atoms with Crippen LogP contribution in [-0.2, 0) is 4.79 Å². The van der Waals surface area contributed by atoms with Crippen molar-refractivity contribution in [2.75, 3.05) is 6.54 Å². The number of amides is 1. The molecule has 4 heteroatoms. The molecule has 3 nitrogen and oxygen atoms in total. The lowest BCUT2D eigenvalue weighted by molar-refractivity contribution is -0.122. The molecule has 0 aromatic carbocycles. The molecule has 1 heterocycles. The lowest BCUT2D eigenvalue weighted by Crippen LogP contribution is -2.31. The fraction of sp³-hybridized carbons (Fsp3) is 0.500. The Bertz CT molecular complexity index is 409. The summed E-state index contributed by atoms with van der Waals surface area (Å²) in [6.45, 7) is 4.25. The molecule has 0 aliphatic heterocycles. The van der Waals surface area contributed by atoms with E-state index in [1.807, 2.05) is 11.4 Å². The molecular formula is C12H15NO2S. The third kappa shape index (κ3) is 2.32. The van der Waals surface area contributed by atoms with Crippen LogP contribution in [0, 0.1) is 11.3 Å². The molecule has 1 fully saturated rings. The van der Waals surface area contributed by atoms with E-state index in [0.717, 1.165) is 6.42 Å². The minimum absolute atomic E-state index is 0.00917. The molecule has 0 spiro atoms. The highest BCUT2D eigenvalue weighted by molar-refractivity contribution is 7.12. The monoisotopic (exact) mass is 237 g/mol. The number of Topliss-reactive ketones (excluding diaryl/α,β-unsaturated/α-hetero) is 1. The van der Waals surface area contributed by atoms with Crippen LogP contribution in [0.2, 0.25) is 0 Å². The number of nitrogens with one attached hydrogen (secondary N) is 1. The zero-order chi connectivity index (χ0) is 11.8. The summed E-state index contributed by atoms with van der Waals surface area (Å²) in [5.41, 5.74) is 0.121. The average Bonchev–Trinajstić information content (AvgIpc) is 2.72. The van der Waals surface area contributed by atoms with Crippen LogP contribution in [-0.4, -0.2) is 18.2 Å². The minimum Gasteiger partial charge on any atom is -0.348 e. The van der Waals surface area contributed by atoms with Gasteiger partial charge in [0.1, 0.15) is 0 Å². The molecule has 1 atom stereocenters. The minimum atomic E-state index is -0.0122. The Morgan fingerprint density at radius 1 is 1.56 bits per heavy atom. The third-order valence-corrected chi connectivity index (χ3v) is 3.96. The molecule has 1 N–H and O–H groups in total. The van der Waals surface area contributed by atoms with Crippen molar-refractivity contribution in [3.8, 4) is 0 Å². The summed E-state index contributed by atoms with van der Waals surface area (Å²) in [5.74, 6) is 0.0837. The molecular weight excluding hydrogens is 222 g/mol. The maximum atomic E-state index is 11.6. The molecule has 86 valence electrons. The second-order valence-corrected chi connectivity index (χ2v) is 5.81. The van der Waals surface area contributed by atoms with E-state index in [9.17, 15) is 9.59 Å². The van der Waals surface area contributed by atoms with Crippen molar-refractivity contribution >= 4 is 23.0 Å². The van der Waals surface area contributed by atoms with Gasteiger partial charge in [-0.05, 0) is 23.3 Å². The number of thiophene rings is 1. The van der Waals surface area contributed by atoms with E-state index in [1.165, 1.54) is 11.3 Å². The molecule has 0 unspecified atom stereocenters. The first kappa shape index (κ1) is 11.3. The topological polar surface area (TPSA) is 46.2 Å². The quantitative estimate of drug-likeness (QED) is 0.815. The van der Waals surface area contributed by atoms with Crippen LogP contribution in [0.3, 0.4) is 0 Å². The Labute approximate surface area is 98.9 Å². The molecule has 1 aliphatic carbocycles. The van der Waals surface area contributed by atoms with E-state index in [2.05, 4.69) is 19.2 Å². The smallest absolute Gasteiger partial charge is 0.224 e. The van der Waals surface area contributed by atoms with Gasteiger partial charge in [-0.2, -0.15) is 0 Å². The molecule has 0 bridgehead atoms. The van der Waals surface area contributed by atoms with Crippen LogP contribution >= 0.6 is 11.3 Å². The van der Waals surface area contributed by atoms with E-state index in [4.69, 9.17) is 0 Å². The predicted molar refractivity (Wildman–Crippen MR) is 63.5 cm³/mol. The number of hydrogen-bond acceptors (Lipinski definition) is 3. The van der Waals surface area contributed by atoms with Gasteiger partial charge in [0.2, 0.25) is 5.91 Å². The maximum absolute atomic E-state index is 11.6. The molecule has 1 saturated carbocycles. The predicted octanol–water partition coefficient (Wildman–Crippen LogP) is 2.09. The van der Waals surface area contributed by atoms with Crippen molar-refractivity contribution in [1.29, 1.82) is 0 Å². The highest BCUT2D eigenvalue weighted by atomic mass is 32.1. The maximum Gasteiger partial charge on any atom is 0.224 e. The SMILES string of the molecule is CC1(C)C[C@@H]1C(=O)NCC(=O)c1cccs1. The van der Waals surface area contributed by atoms with E-state index < -0.39 is 0 Å². The molecule has 1 aromatic heterocycles. The van der Waals surface area contributed by atoms with Gasteiger partial charge < -0.3 is 5.32 Å². The van der Waals surface area contributed by atoms with Gasteiger partial charge in [-0.15, -0.1) is 11.3 Å². The first-order chi connectivity index (χ1) is 7.50. The summed E-state index contributed by atoms with van der Waals surface area (Å²) in [7, 11) is 0. The number of hydrogen-bond donors (Lipinski definition) is 1. The number of carbonyl (C=O) groups excluding carboxylic acids is 2. The van der Waals surface area contributed by atoms with Gasteiger partial charge in [-0.25, -0.2) is 0 Å². The van der Waals surface area contributed by atoms with Crippen LogP contribution in [0.1, 0.15) is 29.9 Å². The van der Waals surface area contributed by atoms with Crippen molar-refractivity contribution in [3.05, 3.63) is 22.4 Å². The van der Waals surface area contributed by atoms with E-state index in [-0.39, 0.29) is 29.6 Å². The highest BCUT2D eigenvalue weighted by Gasteiger charge is 2.50. The van der Waals surface area contributed by atoms with Crippen LogP contribution in [0.5, 0.6) is 0 Å². The lowest BCUT2D eigenvalue weighted by atomic mass is 10.1. The molecule has 1 amide bonds. The van der Waals surface area contributed by atoms with Gasteiger partial charge in [0, 0.05) is 5.92 Å². The number of ketones is 1. The zero-order valence-corrected chi connectivity index (χ0v) is 10.3. The van der Waals surface area contributed by atoms with Gasteiger partial charge >= 0.3 is 0 Å². The Morgan fingerprint density at radius 3 is 2.75 bits per heavy atom. The Morgan fingerprint density at radius 2 is 2.25 bits per heavy atom. The van der Waals surface area contributed by atoms with Crippen LogP contribution in [0.4, 0.5) is 0 Å². The summed E-state index contributed by atoms with van der Waals surface area (Å²) >= 11 is 1.41. The number of carbonyl (C=O) groups is 2. The average molecular weight is 237 g/mol. The van der Waals surface area contributed by atoms with Gasteiger partial charge in [0.05, 0.1) is 11.4 Å². The van der Waals surface area contributed by atoms with Gasteiger partial charge in [-0.3, -0.25) is 9.59 Å². The van der Waals surface area contributed by atoms with Gasteiger partial charge in [-0.1, -0.05) is 19.9 Å². The zero-order valence-electron chi connectivity index (χ0n) is 9.45.